The Morgan fingerprint density at radius 2 is 1.93 bits per heavy atom. The Morgan fingerprint density at radius 3 is 2.63 bits per heavy atom. The molecule has 1 unspecified atom stereocenters. The second-order valence-corrected chi connectivity index (χ2v) is 7.17. The number of carbonyl (C=O) groups is 1. The first-order chi connectivity index (χ1) is 13.2. The lowest BCUT2D eigenvalue weighted by Crippen LogP contribution is -2.50. The zero-order valence-corrected chi connectivity index (χ0v) is 16.0. The Morgan fingerprint density at radius 1 is 1.19 bits per heavy atom. The van der Waals surface area contributed by atoms with Gasteiger partial charge in [0.05, 0.1) is 42.6 Å². The van der Waals surface area contributed by atoms with Crippen molar-refractivity contribution in [1.82, 2.24) is 9.47 Å². The number of carbonyl (C=O) groups excluding carboxylic acids is 1. The summed E-state index contributed by atoms with van der Waals surface area (Å²) in [6, 6.07) is 7.25. The monoisotopic (exact) mass is 390 g/mol. The van der Waals surface area contributed by atoms with Crippen molar-refractivity contribution in [1.29, 1.82) is 0 Å². The molecule has 1 amide bonds. The number of likely N-dealkylation sites (tertiary alicyclic amines) is 1. The van der Waals surface area contributed by atoms with E-state index in [1.54, 1.807) is 19.2 Å². The van der Waals surface area contributed by atoms with Crippen LogP contribution in [0.2, 0.25) is 5.02 Å². The zero-order chi connectivity index (χ0) is 18.8. The molecule has 2 aliphatic heterocycles. The van der Waals surface area contributed by atoms with Gasteiger partial charge in [-0.15, -0.1) is 0 Å². The van der Waals surface area contributed by atoms with Crippen molar-refractivity contribution in [3.63, 3.8) is 0 Å². The van der Waals surface area contributed by atoms with Crippen LogP contribution in [0.1, 0.15) is 29.6 Å². The van der Waals surface area contributed by atoms with Crippen LogP contribution in [0.4, 0.5) is 0 Å². The van der Waals surface area contributed by atoms with Crippen molar-refractivity contribution >= 4 is 17.5 Å². The molecule has 1 aromatic carbocycles. The average Bonchev–Trinajstić information content (AvgIpc) is 3.41. The van der Waals surface area contributed by atoms with Gasteiger partial charge < -0.3 is 23.7 Å². The molecule has 144 valence electrons. The van der Waals surface area contributed by atoms with E-state index in [1.807, 2.05) is 34.0 Å². The second-order valence-electron chi connectivity index (χ2n) is 6.77. The molecule has 2 aliphatic rings. The number of methoxy groups -OCH3 is 1. The topological polar surface area (TPSA) is 52.9 Å². The first-order valence-corrected chi connectivity index (χ1v) is 9.62. The van der Waals surface area contributed by atoms with Gasteiger partial charge in [0.1, 0.15) is 5.75 Å². The molecule has 6 nitrogen and oxygen atoms in total. The van der Waals surface area contributed by atoms with E-state index in [9.17, 15) is 4.79 Å². The van der Waals surface area contributed by atoms with Gasteiger partial charge in [0.2, 0.25) is 0 Å². The summed E-state index contributed by atoms with van der Waals surface area (Å²) in [6.07, 6.45) is 6.34. The van der Waals surface area contributed by atoms with Crippen LogP contribution in [0, 0.1) is 0 Å². The van der Waals surface area contributed by atoms with Gasteiger partial charge in [-0.05, 0) is 37.5 Å². The van der Waals surface area contributed by atoms with Crippen LogP contribution in [0.5, 0.6) is 5.75 Å². The van der Waals surface area contributed by atoms with Gasteiger partial charge >= 0.3 is 0 Å². The minimum Gasteiger partial charge on any atom is -0.496 e. The molecule has 2 saturated heterocycles. The first-order valence-electron chi connectivity index (χ1n) is 9.24. The highest BCUT2D eigenvalue weighted by Crippen LogP contribution is 2.33. The summed E-state index contributed by atoms with van der Waals surface area (Å²) in [5.74, 6) is 0.405. The van der Waals surface area contributed by atoms with E-state index in [0.717, 1.165) is 24.9 Å². The van der Waals surface area contributed by atoms with Crippen molar-refractivity contribution in [2.75, 3.05) is 26.9 Å². The molecular formula is C20H23ClN2O4. The Kier molecular flexibility index (Phi) is 5.38. The van der Waals surface area contributed by atoms with Gasteiger partial charge in [-0.2, -0.15) is 0 Å². The van der Waals surface area contributed by atoms with Gasteiger partial charge in [-0.25, -0.2) is 0 Å². The molecule has 0 aliphatic carbocycles. The smallest absolute Gasteiger partial charge is 0.258 e. The number of hydrogen-bond acceptors (Lipinski definition) is 4. The van der Waals surface area contributed by atoms with Crippen LogP contribution in [0.3, 0.4) is 0 Å². The standard InChI is InChI=1S/C20H23ClN2O4/c1-25-18-13-17(22-7-4-5-8-22)15(21)12-14(18)19(24)23-9-3-2-6-16(23)20-26-10-11-27-20/h4-5,7-8,12-13,16,20H,2-3,6,9-11H2,1H3. The lowest BCUT2D eigenvalue weighted by molar-refractivity contribution is -0.100. The highest BCUT2D eigenvalue weighted by atomic mass is 35.5. The third-order valence-corrected chi connectivity index (χ3v) is 5.46. The summed E-state index contributed by atoms with van der Waals surface area (Å²) < 4.78 is 18.8. The summed E-state index contributed by atoms with van der Waals surface area (Å²) >= 11 is 6.50. The highest BCUT2D eigenvalue weighted by Gasteiger charge is 2.37. The number of hydrogen-bond donors (Lipinski definition) is 0. The summed E-state index contributed by atoms with van der Waals surface area (Å²) in [5, 5.41) is 0.497. The number of nitrogens with zero attached hydrogens (tertiary/aromatic N) is 2. The van der Waals surface area contributed by atoms with E-state index >= 15 is 0 Å². The molecule has 2 aromatic rings. The summed E-state index contributed by atoms with van der Waals surface area (Å²) in [5.41, 5.74) is 1.23. The molecule has 27 heavy (non-hydrogen) atoms. The normalized spacial score (nSPS) is 20.8. The van der Waals surface area contributed by atoms with Crippen molar-refractivity contribution < 1.29 is 19.0 Å². The Hall–Kier alpha value is -2.02. The number of ether oxygens (including phenoxy) is 3. The van der Waals surface area contributed by atoms with E-state index < -0.39 is 0 Å². The van der Waals surface area contributed by atoms with E-state index in [1.165, 1.54) is 0 Å². The molecule has 1 atom stereocenters. The van der Waals surface area contributed by atoms with Gasteiger partial charge in [0.15, 0.2) is 6.29 Å². The molecule has 1 aromatic heterocycles. The SMILES string of the molecule is COc1cc(-n2cccc2)c(Cl)cc1C(=O)N1CCCCC1C1OCCO1. The number of amides is 1. The molecule has 2 fully saturated rings. The molecule has 0 saturated carbocycles. The number of benzene rings is 1. The molecule has 7 heteroatoms. The van der Waals surface area contributed by atoms with E-state index in [0.29, 0.717) is 36.1 Å². The van der Waals surface area contributed by atoms with E-state index in [-0.39, 0.29) is 18.2 Å². The van der Waals surface area contributed by atoms with Crippen LogP contribution in [0.25, 0.3) is 5.69 Å². The maximum atomic E-state index is 13.4. The second kappa shape index (κ2) is 7.92. The maximum Gasteiger partial charge on any atom is 0.258 e. The summed E-state index contributed by atoms with van der Waals surface area (Å²) in [6.45, 7) is 1.82. The van der Waals surface area contributed by atoms with Crippen LogP contribution in [-0.2, 0) is 9.47 Å². The van der Waals surface area contributed by atoms with Gasteiger partial charge in [0.25, 0.3) is 5.91 Å². The average molecular weight is 391 g/mol. The van der Waals surface area contributed by atoms with Crippen LogP contribution in [0.15, 0.2) is 36.7 Å². The quantitative estimate of drug-likeness (QED) is 0.801. The number of piperidine rings is 1. The largest absolute Gasteiger partial charge is 0.496 e. The van der Waals surface area contributed by atoms with Gasteiger partial charge in [0, 0.05) is 25.0 Å². The highest BCUT2D eigenvalue weighted by molar-refractivity contribution is 6.33. The number of aromatic nitrogens is 1. The number of rotatable bonds is 4. The first kappa shape index (κ1) is 18.3. The maximum absolute atomic E-state index is 13.4. The Bertz CT molecular complexity index is 803. The minimum absolute atomic E-state index is 0.0821. The fraction of sp³-hybridized carbons (Fsp3) is 0.450. The third-order valence-electron chi connectivity index (χ3n) is 5.15. The predicted octanol–water partition coefficient (Wildman–Crippen LogP) is 3.51. The Labute approximate surface area is 163 Å². The van der Waals surface area contributed by atoms with Crippen molar-refractivity contribution in [2.24, 2.45) is 0 Å². The van der Waals surface area contributed by atoms with Crippen LogP contribution < -0.4 is 4.74 Å². The van der Waals surface area contributed by atoms with E-state index in [2.05, 4.69) is 0 Å². The Balaban J connectivity index is 1.66. The van der Waals surface area contributed by atoms with Gasteiger partial charge in [-0.3, -0.25) is 4.79 Å². The number of halogens is 1. The minimum atomic E-state index is -0.352. The van der Waals surface area contributed by atoms with Crippen molar-refractivity contribution in [2.45, 2.75) is 31.6 Å². The molecule has 0 radical (unpaired) electrons. The van der Waals surface area contributed by atoms with Gasteiger partial charge in [-0.1, -0.05) is 11.6 Å². The predicted molar refractivity (Wildman–Crippen MR) is 102 cm³/mol. The molecule has 4 rings (SSSR count). The molecule has 0 spiro atoms. The van der Waals surface area contributed by atoms with Crippen LogP contribution in [-0.4, -0.2) is 54.6 Å². The molecule has 0 bridgehead atoms. The summed E-state index contributed by atoms with van der Waals surface area (Å²) in [4.78, 5) is 15.2. The molecular weight excluding hydrogens is 368 g/mol. The van der Waals surface area contributed by atoms with Crippen LogP contribution >= 0.6 is 11.6 Å². The molecule has 0 N–H and O–H groups in total. The van der Waals surface area contributed by atoms with Crippen molar-refractivity contribution in [3.8, 4) is 11.4 Å². The van der Waals surface area contributed by atoms with Crippen molar-refractivity contribution in [3.05, 3.63) is 47.2 Å². The fourth-order valence-corrected chi connectivity index (χ4v) is 4.08. The molecule has 3 heterocycles. The van der Waals surface area contributed by atoms with E-state index in [4.69, 9.17) is 25.8 Å². The zero-order valence-electron chi connectivity index (χ0n) is 15.3. The summed E-state index contributed by atoms with van der Waals surface area (Å²) in [7, 11) is 1.57. The fourth-order valence-electron chi connectivity index (χ4n) is 3.82. The third kappa shape index (κ3) is 3.57. The lowest BCUT2D eigenvalue weighted by atomic mass is 9.99. The lowest BCUT2D eigenvalue weighted by Gasteiger charge is -2.38.